The maximum absolute atomic E-state index is 12.8. The Kier molecular flexibility index (Phi) is 6.81. The van der Waals surface area contributed by atoms with Gasteiger partial charge in [0.25, 0.3) is 0 Å². The number of benzene rings is 2. The van der Waals surface area contributed by atoms with Gasteiger partial charge in [0.2, 0.25) is 0 Å². The molecule has 0 radical (unpaired) electrons. The Labute approximate surface area is 136 Å². The van der Waals surface area contributed by atoms with Gasteiger partial charge >= 0.3 is 0 Å². The highest BCUT2D eigenvalue weighted by atomic mass is 35.5. The number of halogens is 2. The molecule has 0 bridgehead atoms. The fourth-order valence-corrected chi connectivity index (χ4v) is 2.24. The molecule has 2 atom stereocenters. The van der Waals surface area contributed by atoms with Gasteiger partial charge in [-0.05, 0) is 49.2 Å². The normalized spacial score (nSPS) is 13.3. The molecule has 2 aromatic carbocycles. The van der Waals surface area contributed by atoms with Crippen LogP contribution in [0.1, 0.15) is 29.7 Å². The first-order valence-corrected chi connectivity index (χ1v) is 7.02. The van der Waals surface area contributed by atoms with Crippen LogP contribution in [0.25, 0.3) is 0 Å². The summed E-state index contributed by atoms with van der Waals surface area (Å²) in [6.07, 6.45) is -0.621. The topological polar surface area (TPSA) is 57.1 Å². The molecule has 0 heterocycles. The molecule has 0 saturated heterocycles. The van der Waals surface area contributed by atoms with Crippen molar-refractivity contribution in [3.63, 3.8) is 0 Å². The molecule has 0 aliphatic carbocycles. The number of aryl methyl sites for hydroxylation is 1. The van der Waals surface area contributed by atoms with Gasteiger partial charge in [0, 0.05) is 5.56 Å². The van der Waals surface area contributed by atoms with E-state index in [0.29, 0.717) is 6.54 Å². The van der Waals surface area contributed by atoms with Gasteiger partial charge in [0.15, 0.2) is 0 Å². The summed E-state index contributed by atoms with van der Waals surface area (Å²) >= 11 is 0. The average Bonchev–Trinajstić information content (AvgIpc) is 2.48. The number of hydrogen-bond acceptors (Lipinski definition) is 2. The van der Waals surface area contributed by atoms with Crippen molar-refractivity contribution < 1.29 is 32.3 Å². The van der Waals surface area contributed by atoms with Gasteiger partial charge in [-0.2, -0.15) is 0 Å². The molecule has 2 aromatic rings. The largest absolute Gasteiger partial charge is 1.00 e. The number of aliphatic hydroxyl groups is 1. The van der Waals surface area contributed by atoms with Crippen LogP contribution in [0.2, 0.25) is 0 Å². The summed E-state index contributed by atoms with van der Waals surface area (Å²) in [5, 5.41) is 21.9. The number of aliphatic hydroxyl groups excluding tert-OH is 1. The molecule has 3 nitrogen and oxygen atoms in total. The molecule has 2 rings (SSSR count). The van der Waals surface area contributed by atoms with Crippen molar-refractivity contribution in [1.29, 1.82) is 0 Å². The monoisotopic (exact) mass is 325 g/mol. The molecular formula is C17H21ClFNO2. The number of aromatic hydroxyl groups is 1. The maximum atomic E-state index is 12.8. The number of hydrogen-bond donors (Lipinski definition) is 3. The second kappa shape index (κ2) is 8.13. The standard InChI is InChI=1S/C17H20FNO2.ClH/c1-11-9-14(5-8-16(11)20)17(21)12(2)19-10-13-3-6-15(18)7-4-13;/h3-9,12,17,19-21H,10H2,1-2H3;1H. The predicted molar refractivity (Wildman–Crippen MR) is 79.3 cm³/mol. The molecule has 0 saturated carbocycles. The van der Waals surface area contributed by atoms with Crippen molar-refractivity contribution in [3.05, 3.63) is 65.0 Å². The van der Waals surface area contributed by atoms with Gasteiger partial charge in [-0.25, -0.2) is 4.39 Å². The summed E-state index contributed by atoms with van der Waals surface area (Å²) in [4.78, 5) is 0. The van der Waals surface area contributed by atoms with E-state index in [1.807, 2.05) is 12.2 Å². The summed E-state index contributed by atoms with van der Waals surface area (Å²) in [6.45, 7) is 4.42. The van der Waals surface area contributed by atoms with Crippen LogP contribution in [0.15, 0.2) is 42.5 Å². The van der Waals surface area contributed by atoms with E-state index < -0.39 is 6.10 Å². The van der Waals surface area contributed by atoms with Crippen LogP contribution in [-0.2, 0) is 6.54 Å². The third kappa shape index (κ3) is 4.70. The van der Waals surface area contributed by atoms with E-state index in [1.54, 1.807) is 37.3 Å². The molecule has 0 aromatic heterocycles. The molecule has 0 aliphatic heterocycles. The van der Waals surface area contributed by atoms with Crippen LogP contribution in [0, 0.1) is 12.7 Å². The second-order valence-electron chi connectivity index (χ2n) is 5.42. The third-order valence-corrected chi connectivity index (χ3v) is 3.70. The van der Waals surface area contributed by atoms with E-state index in [0.717, 1.165) is 16.7 Å². The number of phenolic OH excluding ortho intramolecular Hbond substituents is 1. The molecule has 0 aliphatic rings. The Morgan fingerprint density at radius 3 is 2.36 bits per heavy atom. The molecule has 22 heavy (non-hydrogen) atoms. The first-order chi connectivity index (χ1) is 9.97. The van der Waals surface area contributed by atoms with Crippen LogP contribution in [0.3, 0.4) is 0 Å². The maximum Gasteiger partial charge on any atom is 0.130 e. The smallest absolute Gasteiger partial charge is 0.130 e. The highest BCUT2D eigenvalue weighted by molar-refractivity contribution is 5.36. The van der Waals surface area contributed by atoms with Crippen LogP contribution >= 0.6 is 0 Å². The van der Waals surface area contributed by atoms with Crippen molar-refractivity contribution in [1.82, 2.24) is 0 Å². The lowest BCUT2D eigenvalue weighted by atomic mass is 10.0. The summed E-state index contributed by atoms with van der Waals surface area (Å²) < 4.78 is 12.8. The quantitative estimate of drug-likeness (QED) is 0.662. The number of rotatable bonds is 5. The number of quaternary nitrogens is 1. The summed E-state index contributed by atoms with van der Waals surface area (Å²) in [6, 6.07) is 11.4. The van der Waals surface area contributed by atoms with E-state index in [9.17, 15) is 14.6 Å². The average molecular weight is 326 g/mol. The van der Waals surface area contributed by atoms with Gasteiger partial charge in [-0.1, -0.05) is 18.2 Å². The molecule has 0 spiro atoms. The molecule has 5 heteroatoms. The minimum Gasteiger partial charge on any atom is -1.00 e. The lowest BCUT2D eigenvalue weighted by molar-refractivity contribution is -0.709. The highest BCUT2D eigenvalue weighted by Crippen LogP contribution is 2.22. The third-order valence-electron chi connectivity index (χ3n) is 3.70. The summed E-state index contributed by atoms with van der Waals surface area (Å²) in [7, 11) is 0. The zero-order valence-corrected chi connectivity index (χ0v) is 13.4. The summed E-state index contributed by atoms with van der Waals surface area (Å²) in [5.74, 6) is -0.0136. The minimum absolute atomic E-state index is 0. The van der Waals surface area contributed by atoms with Crippen LogP contribution in [0.5, 0.6) is 5.75 Å². The zero-order chi connectivity index (χ0) is 15.4. The Balaban J connectivity index is 0.00000242. The molecular weight excluding hydrogens is 305 g/mol. The molecule has 0 amide bonds. The van der Waals surface area contributed by atoms with Crippen molar-refractivity contribution in [2.45, 2.75) is 32.5 Å². The van der Waals surface area contributed by atoms with Crippen molar-refractivity contribution in [3.8, 4) is 5.75 Å². The first-order valence-electron chi connectivity index (χ1n) is 7.02. The van der Waals surface area contributed by atoms with E-state index in [-0.39, 0.29) is 30.0 Å². The Morgan fingerprint density at radius 2 is 1.77 bits per heavy atom. The first kappa shape index (κ1) is 18.4. The van der Waals surface area contributed by atoms with E-state index in [2.05, 4.69) is 0 Å². The predicted octanol–water partition coefficient (Wildman–Crippen LogP) is -0.971. The molecule has 120 valence electrons. The van der Waals surface area contributed by atoms with Crippen molar-refractivity contribution >= 4 is 0 Å². The van der Waals surface area contributed by atoms with E-state index in [1.165, 1.54) is 12.1 Å². The van der Waals surface area contributed by atoms with Crippen molar-refractivity contribution in [2.24, 2.45) is 0 Å². The van der Waals surface area contributed by atoms with Gasteiger partial charge < -0.3 is 27.9 Å². The summed E-state index contributed by atoms with van der Waals surface area (Å²) in [5.41, 5.74) is 2.54. The highest BCUT2D eigenvalue weighted by Gasteiger charge is 2.19. The Bertz CT molecular complexity index is 604. The van der Waals surface area contributed by atoms with E-state index in [4.69, 9.17) is 0 Å². The van der Waals surface area contributed by atoms with Gasteiger partial charge in [0.1, 0.15) is 30.3 Å². The van der Waals surface area contributed by atoms with Gasteiger partial charge in [-0.15, -0.1) is 0 Å². The zero-order valence-electron chi connectivity index (χ0n) is 12.6. The number of nitrogens with two attached hydrogens (primary N) is 1. The fourth-order valence-electron chi connectivity index (χ4n) is 2.24. The van der Waals surface area contributed by atoms with Crippen LogP contribution in [0.4, 0.5) is 4.39 Å². The van der Waals surface area contributed by atoms with Gasteiger partial charge in [-0.3, -0.25) is 0 Å². The van der Waals surface area contributed by atoms with Gasteiger partial charge in [0.05, 0.1) is 0 Å². The Hall–Kier alpha value is -1.62. The van der Waals surface area contributed by atoms with Crippen molar-refractivity contribution in [2.75, 3.05) is 0 Å². The van der Waals surface area contributed by atoms with E-state index >= 15 is 0 Å². The molecule has 0 fully saturated rings. The lowest BCUT2D eigenvalue weighted by Gasteiger charge is -2.18. The van der Waals surface area contributed by atoms with Crippen LogP contribution in [-0.4, -0.2) is 16.3 Å². The lowest BCUT2D eigenvalue weighted by Crippen LogP contribution is -3.00. The molecule has 2 unspecified atom stereocenters. The number of phenols is 1. The Morgan fingerprint density at radius 1 is 1.14 bits per heavy atom. The van der Waals surface area contributed by atoms with Crippen LogP contribution < -0.4 is 17.7 Å². The SMILES string of the molecule is Cc1cc(C(O)C(C)[NH2+]Cc2ccc(F)cc2)ccc1O.[Cl-]. The second-order valence-corrected chi connectivity index (χ2v) is 5.42. The minimum atomic E-state index is -0.621. The fraction of sp³-hybridized carbons (Fsp3) is 0.294. The molecule has 4 N–H and O–H groups in total.